The second kappa shape index (κ2) is 9.33. The van der Waals surface area contributed by atoms with Crippen LogP contribution in [-0.4, -0.2) is 36.8 Å². The Morgan fingerprint density at radius 2 is 1.88 bits per heavy atom. The molecule has 0 saturated heterocycles. The van der Waals surface area contributed by atoms with Crippen molar-refractivity contribution < 1.29 is 32.0 Å². The number of nitrogens with zero attached hydrogens (tertiary/aromatic N) is 2. The molecule has 1 aliphatic heterocycles. The summed E-state index contributed by atoms with van der Waals surface area (Å²) in [5.74, 6) is -1.29. The standard InChI is InChI=1S/C20H15Cl2F3N4O4/c1-10-14(18(31)28-9-17(30)27-3-2-26)7-16(32-10)15-8-19(33-29-15,20(23,24)25)11-4-12(21)6-13(22)5-11/h4-7H,3,8-9H2,1H3,(H,27,30)(H,28,31). The Morgan fingerprint density at radius 3 is 2.48 bits per heavy atom. The minimum atomic E-state index is -4.88. The van der Waals surface area contributed by atoms with E-state index in [0.29, 0.717) is 0 Å². The van der Waals surface area contributed by atoms with Gasteiger partial charge in [0.2, 0.25) is 5.91 Å². The van der Waals surface area contributed by atoms with E-state index in [2.05, 4.69) is 15.8 Å². The maximum absolute atomic E-state index is 14.1. The topological polar surface area (TPSA) is 117 Å². The summed E-state index contributed by atoms with van der Waals surface area (Å²) in [6, 6.07) is 6.38. The first-order chi connectivity index (χ1) is 15.5. The summed E-state index contributed by atoms with van der Waals surface area (Å²) in [5.41, 5.74) is -3.37. The van der Waals surface area contributed by atoms with Crippen LogP contribution in [0.3, 0.4) is 0 Å². The van der Waals surface area contributed by atoms with Gasteiger partial charge in [-0.15, -0.1) is 0 Å². The minimum Gasteiger partial charge on any atom is -0.459 e. The van der Waals surface area contributed by atoms with Gasteiger partial charge in [-0.25, -0.2) is 0 Å². The third-order valence-corrected chi connectivity index (χ3v) is 5.17. The number of oxime groups is 1. The van der Waals surface area contributed by atoms with Crippen molar-refractivity contribution in [2.45, 2.75) is 25.1 Å². The fraction of sp³-hybridized carbons (Fsp3) is 0.300. The predicted octanol–water partition coefficient (Wildman–Crippen LogP) is 3.85. The molecule has 0 saturated carbocycles. The van der Waals surface area contributed by atoms with Crippen molar-refractivity contribution in [3.05, 3.63) is 57.0 Å². The first-order valence-electron chi connectivity index (χ1n) is 9.28. The van der Waals surface area contributed by atoms with E-state index >= 15 is 0 Å². The molecule has 2 heterocycles. The van der Waals surface area contributed by atoms with Gasteiger partial charge < -0.3 is 19.9 Å². The number of alkyl halides is 3. The number of carbonyl (C=O) groups is 2. The Kier molecular flexibility index (Phi) is 6.90. The Hall–Kier alpha value is -3.23. The molecule has 1 aromatic carbocycles. The summed E-state index contributed by atoms with van der Waals surface area (Å²) in [5, 5.41) is 16.6. The van der Waals surface area contributed by atoms with E-state index in [-0.39, 0.29) is 44.9 Å². The number of carbonyl (C=O) groups excluding carboxylic acids is 2. The molecule has 0 fully saturated rings. The predicted molar refractivity (Wildman–Crippen MR) is 111 cm³/mol. The number of benzene rings is 1. The Bertz CT molecular complexity index is 1150. The lowest BCUT2D eigenvalue weighted by Crippen LogP contribution is -2.42. The van der Waals surface area contributed by atoms with E-state index in [0.717, 1.165) is 12.1 Å². The molecule has 174 valence electrons. The van der Waals surface area contributed by atoms with Gasteiger partial charge in [-0.2, -0.15) is 18.4 Å². The van der Waals surface area contributed by atoms with Gasteiger partial charge in [0.05, 0.1) is 24.6 Å². The molecule has 1 unspecified atom stereocenters. The average molecular weight is 503 g/mol. The fourth-order valence-electron chi connectivity index (χ4n) is 3.13. The number of nitriles is 1. The third kappa shape index (κ3) is 5.07. The van der Waals surface area contributed by atoms with Crippen LogP contribution < -0.4 is 10.6 Å². The molecule has 8 nitrogen and oxygen atoms in total. The van der Waals surface area contributed by atoms with Crippen LogP contribution in [0.4, 0.5) is 13.2 Å². The van der Waals surface area contributed by atoms with Gasteiger partial charge in [0.25, 0.3) is 11.5 Å². The zero-order valence-electron chi connectivity index (χ0n) is 16.8. The number of halogens is 5. The maximum Gasteiger partial charge on any atom is 0.435 e. The second-order valence-corrected chi connectivity index (χ2v) is 7.86. The van der Waals surface area contributed by atoms with Crippen LogP contribution in [0, 0.1) is 18.3 Å². The van der Waals surface area contributed by atoms with Crippen molar-refractivity contribution >= 4 is 40.7 Å². The van der Waals surface area contributed by atoms with Gasteiger partial charge in [0, 0.05) is 15.6 Å². The lowest BCUT2D eigenvalue weighted by molar-refractivity contribution is -0.275. The number of rotatable bonds is 6. The normalized spacial score (nSPS) is 17.7. The highest BCUT2D eigenvalue weighted by molar-refractivity contribution is 6.34. The van der Waals surface area contributed by atoms with E-state index in [4.69, 9.17) is 37.7 Å². The number of amides is 2. The summed E-state index contributed by atoms with van der Waals surface area (Å²) < 4.78 is 47.7. The van der Waals surface area contributed by atoms with Gasteiger partial charge >= 0.3 is 6.18 Å². The number of furan rings is 1. The Morgan fingerprint density at radius 1 is 1.21 bits per heavy atom. The van der Waals surface area contributed by atoms with E-state index < -0.39 is 36.6 Å². The number of hydrogen-bond acceptors (Lipinski definition) is 6. The molecule has 2 aromatic rings. The third-order valence-electron chi connectivity index (χ3n) is 4.74. The number of hydrogen-bond donors (Lipinski definition) is 2. The highest BCUT2D eigenvalue weighted by Gasteiger charge is 2.62. The van der Waals surface area contributed by atoms with Crippen molar-refractivity contribution in [1.29, 1.82) is 5.26 Å². The number of aryl methyl sites for hydroxylation is 1. The highest BCUT2D eigenvalue weighted by atomic mass is 35.5. The highest BCUT2D eigenvalue weighted by Crippen LogP contribution is 2.49. The monoisotopic (exact) mass is 502 g/mol. The van der Waals surface area contributed by atoms with Crippen LogP contribution in [0.2, 0.25) is 10.0 Å². The van der Waals surface area contributed by atoms with Gasteiger partial charge in [-0.1, -0.05) is 28.4 Å². The first-order valence-corrected chi connectivity index (χ1v) is 10.0. The lowest BCUT2D eigenvalue weighted by atomic mass is 9.87. The Labute approximate surface area is 195 Å². The fourth-order valence-corrected chi connectivity index (χ4v) is 3.66. The Balaban J connectivity index is 1.82. The zero-order valence-corrected chi connectivity index (χ0v) is 18.4. The van der Waals surface area contributed by atoms with Gasteiger partial charge in [0.1, 0.15) is 18.0 Å². The van der Waals surface area contributed by atoms with Crippen LogP contribution >= 0.6 is 23.2 Å². The molecule has 1 aliphatic rings. The lowest BCUT2D eigenvalue weighted by Gasteiger charge is -2.29. The van der Waals surface area contributed by atoms with E-state index in [1.165, 1.54) is 19.1 Å². The van der Waals surface area contributed by atoms with E-state index in [1.807, 2.05) is 0 Å². The van der Waals surface area contributed by atoms with Crippen molar-refractivity contribution in [3.8, 4) is 6.07 Å². The largest absolute Gasteiger partial charge is 0.459 e. The molecule has 3 rings (SSSR count). The van der Waals surface area contributed by atoms with Gasteiger partial charge in [-0.3, -0.25) is 9.59 Å². The minimum absolute atomic E-state index is 0.00362. The number of nitrogens with one attached hydrogen (secondary N) is 2. The van der Waals surface area contributed by atoms with Crippen molar-refractivity contribution in [1.82, 2.24) is 10.6 Å². The maximum atomic E-state index is 14.1. The molecule has 0 bridgehead atoms. The van der Waals surface area contributed by atoms with E-state index in [1.54, 1.807) is 6.07 Å². The molecule has 1 aromatic heterocycles. The molecule has 0 radical (unpaired) electrons. The summed E-state index contributed by atoms with van der Waals surface area (Å²) in [4.78, 5) is 28.8. The van der Waals surface area contributed by atoms with Crippen molar-refractivity contribution in [2.24, 2.45) is 5.16 Å². The quantitative estimate of drug-likeness (QED) is 0.581. The summed E-state index contributed by atoms with van der Waals surface area (Å²) >= 11 is 11.8. The first kappa shape index (κ1) is 24.4. The van der Waals surface area contributed by atoms with Crippen LogP contribution in [0.1, 0.15) is 33.9 Å². The summed E-state index contributed by atoms with van der Waals surface area (Å²) in [7, 11) is 0. The smallest absolute Gasteiger partial charge is 0.435 e. The second-order valence-electron chi connectivity index (χ2n) is 6.99. The van der Waals surface area contributed by atoms with Gasteiger partial charge in [-0.05, 0) is 31.2 Å². The molecule has 1 atom stereocenters. The molecule has 0 spiro atoms. The summed E-state index contributed by atoms with van der Waals surface area (Å²) in [6.07, 6.45) is -5.64. The van der Waals surface area contributed by atoms with E-state index in [9.17, 15) is 22.8 Å². The molecule has 0 aliphatic carbocycles. The molecule has 33 heavy (non-hydrogen) atoms. The van der Waals surface area contributed by atoms with Crippen LogP contribution in [0.15, 0.2) is 33.8 Å². The van der Waals surface area contributed by atoms with Gasteiger partial charge in [0.15, 0.2) is 5.76 Å². The zero-order chi connectivity index (χ0) is 24.4. The van der Waals surface area contributed by atoms with Crippen molar-refractivity contribution in [2.75, 3.05) is 13.1 Å². The molecular formula is C20H15Cl2F3N4O4. The molecule has 13 heteroatoms. The molecular weight excluding hydrogens is 488 g/mol. The molecule has 2 amide bonds. The van der Waals surface area contributed by atoms with Crippen molar-refractivity contribution in [3.63, 3.8) is 0 Å². The van der Waals surface area contributed by atoms with Crippen LogP contribution in [0.5, 0.6) is 0 Å². The average Bonchev–Trinajstić information content (AvgIpc) is 3.34. The van der Waals surface area contributed by atoms with Crippen LogP contribution in [0.25, 0.3) is 0 Å². The molecule has 2 N–H and O–H groups in total. The van der Waals surface area contributed by atoms with Crippen LogP contribution in [-0.2, 0) is 15.2 Å². The summed E-state index contributed by atoms with van der Waals surface area (Å²) in [6.45, 7) is 0.803. The SMILES string of the molecule is Cc1oc(C2=NOC(c3cc(Cl)cc(Cl)c3)(C(F)(F)F)C2)cc1C(=O)NCC(=O)NCC#N.